The van der Waals surface area contributed by atoms with Gasteiger partial charge in [0.05, 0.1) is 9.35 Å². The molecule has 0 saturated heterocycles. The molecule has 1 aromatic heterocycles. The Hall–Kier alpha value is -0.350. The number of amides is 1. The van der Waals surface area contributed by atoms with Gasteiger partial charge in [0.25, 0.3) is 5.91 Å². The quantitative estimate of drug-likeness (QED) is 0.787. The molecule has 2 nitrogen and oxygen atoms in total. The number of nitrogens with zero attached hydrogens (tertiary/aromatic N) is 1. The van der Waals surface area contributed by atoms with Crippen molar-refractivity contribution in [1.29, 1.82) is 0 Å². The number of hydrogen-bond acceptors (Lipinski definition) is 2. The van der Waals surface area contributed by atoms with Crippen molar-refractivity contribution in [3.05, 3.63) is 20.8 Å². The molecule has 0 saturated carbocycles. The van der Waals surface area contributed by atoms with E-state index in [4.69, 9.17) is 0 Å². The molecule has 0 aromatic carbocycles. The fourth-order valence-electron chi connectivity index (χ4n) is 0.786. The lowest BCUT2D eigenvalue weighted by molar-refractivity contribution is 0.0803. The average Bonchev–Trinajstić information content (AvgIpc) is 2.49. The first-order valence-corrected chi connectivity index (χ1v) is 5.32. The van der Waals surface area contributed by atoms with Crippen LogP contribution in [0.1, 0.15) is 17.3 Å². The first-order valence-electron chi connectivity index (χ1n) is 3.64. The summed E-state index contributed by atoms with van der Waals surface area (Å²) in [6.07, 6.45) is 0. The first kappa shape index (κ1) is 9.74. The van der Waals surface area contributed by atoms with Crippen molar-refractivity contribution in [2.24, 2.45) is 0 Å². The Morgan fingerprint density at radius 3 is 2.83 bits per heavy atom. The molecule has 12 heavy (non-hydrogen) atoms. The SMILES string of the molecule is CCN(C)C(=O)c1csc(Br)c1. The summed E-state index contributed by atoms with van der Waals surface area (Å²) >= 11 is 4.85. The van der Waals surface area contributed by atoms with Gasteiger partial charge < -0.3 is 4.90 Å². The van der Waals surface area contributed by atoms with E-state index >= 15 is 0 Å². The molecule has 0 unspecified atom stereocenters. The molecule has 0 bridgehead atoms. The van der Waals surface area contributed by atoms with Crippen LogP contribution in [-0.4, -0.2) is 24.4 Å². The van der Waals surface area contributed by atoms with Gasteiger partial charge >= 0.3 is 0 Å². The largest absolute Gasteiger partial charge is 0.342 e. The molecule has 0 aliphatic heterocycles. The molecular weight excluding hydrogens is 238 g/mol. The third-order valence-electron chi connectivity index (χ3n) is 1.64. The molecule has 1 heterocycles. The maximum atomic E-state index is 11.5. The number of thiophene rings is 1. The van der Waals surface area contributed by atoms with Crippen molar-refractivity contribution in [1.82, 2.24) is 4.90 Å². The molecular formula is C8H10BrNOS. The van der Waals surface area contributed by atoms with Crippen LogP contribution >= 0.6 is 27.3 Å². The normalized spacial score (nSPS) is 9.92. The van der Waals surface area contributed by atoms with Gasteiger partial charge in [0.15, 0.2) is 0 Å². The minimum absolute atomic E-state index is 0.0828. The van der Waals surface area contributed by atoms with E-state index in [2.05, 4.69) is 15.9 Å². The number of halogens is 1. The van der Waals surface area contributed by atoms with Crippen molar-refractivity contribution in [2.45, 2.75) is 6.92 Å². The van der Waals surface area contributed by atoms with Gasteiger partial charge in [0, 0.05) is 19.0 Å². The Kier molecular flexibility index (Phi) is 3.29. The van der Waals surface area contributed by atoms with Gasteiger partial charge in [-0.1, -0.05) is 0 Å². The number of carbonyl (C=O) groups is 1. The molecule has 4 heteroatoms. The third-order valence-corrected chi connectivity index (χ3v) is 3.14. The van der Waals surface area contributed by atoms with Crippen molar-refractivity contribution in [2.75, 3.05) is 13.6 Å². The molecule has 1 aromatic rings. The van der Waals surface area contributed by atoms with Crippen LogP contribution in [0.3, 0.4) is 0 Å². The van der Waals surface area contributed by atoms with Gasteiger partial charge in [-0.2, -0.15) is 0 Å². The molecule has 1 amide bonds. The standard InChI is InChI=1S/C8H10BrNOS/c1-3-10(2)8(11)6-4-7(9)12-5-6/h4-5H,3H2,1-2H3. The molecule has 0 spiro atoms. The summed E-state index contributed by atoms with van der Waals surface area (Å²) in [5.41, 5.74) is 0.760. The van der Waals surface area contributed by atoms with E-state index in [1.165, 1.54) is 11.3 Å². The fourth-order valence-corrected chi connectivity index (χ4v) is 1.92. The van der Waals surface area contributed by atoms with Crippen LogP contribution < -0.4 is 0 Å². The van der Waals surface area contributed by atoms with E-state index in [1.54, 1.807) is 11.9 Å². The van der Waals surface area contributed by atoms with Crippen LogP contribution in [0.5, 0.6) is 0 Å². The molecule has 0 radical (unpaired) electrons. The van der Waals surface area contributed by atoms with Crippen LogP contribution in [0.15, 0.2) is 15.2 Å². The van der Waals surface area contributed by atoms with E-state index in [0.29, 0.717) is 0 Å². The van der Waals surface area contributed by atoms with Gasteiger partial charge in [0.1, 0.15) is 0 Å². The summed E-state index contributed by atoms with van der Waals surface area (Å²) < 4.78 is 0.996. The summed E-state index contributed by atoms with van der Waals surface area (Å²) in [7, 11) is 1.80. The molecule has 0 aliphatic rings. The topological polar surface area (TPSA) is 20.3 Å². The summed E-state index contributed by atoms with van der Waals surface area (Å²) in [5, 5.41) is 1.86. The lowest BCUT2D eigenvalue weighted by Gasteiger charge is -2.12. The van der Waals surface area contributed by atoms with E-state index in [1.807, 2.05) is 18.4 Å². The zero-order chi connectivity index (χ0) is 9.14. The summed E-state index contributed by atoms with van der Waals surface area (Å²) in [5.74, 6) is 0.0828. The first-order chi connectivity index (χ1) is 5.65. The fraction of sp³-hybridized carbons (Fsp3) is 0.375. The summed E-state index contributed by atoms with van der Waals surface area (Å²) in [4.78, 5) is 13.2. The van der Waals surface area contributed by atoms with Crippen molar-refractivity contribution < 1.29 is 4.79 Å². The van der Waals surface area contributed by atoms with Gasteiger partial charge in [-0.3, -0.25) is 4.79 Å². The highest BCUT2D eigenvalue weighted by atomic mass is 79.9. The second-order valence-corrected chi connectivity index (χ2v) is 4.75. The second kappa shape index (κ2) is 4.05. The van der Waals surface area contributed by atoms with Gasteiger partial charge in [-0.25, -0.2) is 0 Å². The summed E-state index contributed by atoms with van der Waals surface area (Å²) in [6.45, 7) is 2.70. The number of rotatable bonds is 2. The maximum Gasteiger partial charge on any atom is 0.254 e. The minimum Gasteiger partial charge on any atom is -0.342 e. The van der Waals surface area contributed by atoms with Crippen molar-refractivity contribution in [3.63, 3.8) is 0 Å². The highest BCUT2D eigenvalue weighted by Gasteiger charge is 2.10. The van der Waals surface area contributed by atoms with Crippen LogP contribution in [0.4, 0.5) is 0 Å². The van der Waals surface area contributed by atoms with Gasteiger partial charge in [-0.15, -0.1) is 11.3 Å². The molecule has 0 aliphatic carbocycles. The highest BCUT2D eigenvalue weighted by molar-refractivity contribution is 9.11. The maximum absolute atomic E-state index is 11.5. The Bertz CT molecular complexity index is 284. The molecule has 0 N–H and O–H groups in total. The van der Waals surface area contributed by atoms with Crippen LogP contribution in [0.2, 0.25) is 0 Å². The van der Waals surface area contributed by atoms with Crippen LogP contribution in [0.25, 0.3) is 0 Å². The lowest BCUT2D eigenvalue weighted by Crippen LogP contribution is -2.25. The molecule has 1 rings (SSSR count). The van der Waals surface area contributed by atoms with E-state index in [9.17, 15) is 4.79 Å². The van der Waals surface area contributed by atoms with Crippen LogP contribution in [0, 0.1) is 0 Å². The van der Waals surface area contributed by atoms with E-state index in [0.717, 1.165) is 15.9 Å². The molecule has 66 valence electrons. The van der Waals surface area contributed by atoms with Crippen molar-refractivity contribution in [3.8, 4) is 0 Å². The second-order valence-electron chi connectivity index (χ2n) is 2.46. The van der Waals surface area contributed by atoms with E-state index < -0.39 is 0 Å². The Morgan fingerprint density at radius 1 is 1.75 bits per heavy atom. The Balaban J connectivity index is 2.78. The smallest absolute Gasteiger partial charge is 0.254 e. The van der Waals surface area contributed by atoms with Gasteiger partial charge in [0.2, 0.25) is 0 Å². The Morgan fingerprint density at radius 2 is 2.42 bits per heavy atom. The molecule has 0 fully saturated rings. The predicted molar refractivity (Wildman–Crippen MR) is 54.7 cm³/mol. The minimum atomic E-state index is 0.0828. The zero-order valence-corrected chi connectivity index (χ0v) is 9.41. The lowest BCUT2D eigenvalue weighted by atomic mass is 10.3. The van der Waals surface area contributed by atoms with Crippen molar-refractivity contribution >= 4 is 33.2 Å². The average molecular weight is 248 g/mol. The summed E-state index contributed by atoms with van der Waals surface area (Å²) in [6, 6.07) is 1.85. The van der Waals surface area contributed by atoms with Crippen LogP contribution in [-0.2, 0) is 0 Å². The third kappa shape index (κ3) is 2.08. The molecule has 0 atom stereocenters. The number of carbonyl (C=O) groups excluding carboxylic acids is 1. The van der Waals surface area contributed by atoms with E-state index in [-0.39, 0.29) is 5.91 Å². The predicted octanol–water partition coefficient (Wildman–Crippen LogP) is 2.60. The highest BCUT2D eigenvalue weighted by Crippen LogP contribution is 2.21. The monoisotopic (exact) mass is 247 g/mol. The van der Waals surface area contributed by atoms with Gasteiger partial charge in [-0.05, 0) is 28.9 Å². The zero-order valence-electron chi connectivity index (χ0n) is 7.00. The Labute approximate surface area is 84.3 Å². The number of hydrogen-bond donors (Lipinski definition) is 0.